The molecule has 6 nitrogen and oxygen atoms in total. The predicted octanol–water partition coefficient (Wildman–Crippen LogP) is 26.0. The fraction of sp³-hybridized carbons (Fsp3) is 0.925. The summed E-state index contributed by atoms with van der Waals surface area (Å²) < 4.78 is 5.51. The molecule has 0 aromatic rings. The smallest absolute Gasteiger partial charge is 0.305 e. The Labute approximate surface area is 539 Å². The van der Waals surface area contributed by atoms with Crippen molar-refractivity contribution in [3.05, 3.63) is 24.3 Å². The molecular weight excluding hydrogens is 1050 g/mol. The van der Waals surface area contributed by atoms with Crippen LogP contribution in [-0.4, -0.2) is 47.4 Å². The van der Waals surface area contributed by atoms with E-state index in [4.69, 9.17) is 4.74 Å². The summed E-state index contributed by atoms with van der Waals surface area (Å²) in [6, 6.07) is -0.626. The molecule has 86 heavy (non-hydrogen) atoms. The average molecular weight is 1210 g/mol. The summed E-state index contributed by atoms with van der Waals surface area (Å²) in [7, 11) is 0. The van der Waals surface area contributed by atoms with Crippen LogP contribution in [0.4, 0.5) is 0 Å². The van der Waals surface area contributed by atoms with Crippen LogP contribution >= 0.6 is 0 Å². The normalized spacial score (nSPS) is 12.6. The third kappa shape index (κ3) is 71.4. The first-order chi connectivity index (χ1) is 42.5. The van der Waals surface area contributed by atoms with Crippen LogP contribution in [0, 0.1) is 0 Å². The molecule has 0 aliphatic carbocycles. The number of hydrogen-bond acceptors (Lipinski definition) is 5. The predicted molar refractivity (Wildman–Crippen MR) is 380 cm³/mol. The number of carbonyl (C=O) groups excluding carboxylic acids is 2. The molecule has 0 fully saturated rings. The number of nitrogens with one attached hydrogen (secondary N) is 1. The molecular formula is C80H155NO5. The van der Waals surface area contributed by atoms with Crippen molar-refractivity contribution >= 4 is 11.9 Å². The largest absolute Gasteiger partial charge is 0.466 e. The number of aliphatic hydroxyl groups is 2. The Bertz CT molecular complexity index is 1350. The summed E-state index contributed by atoms with van der Waals surface area (Å²) in [5, 5.41) is 23.3. The van der Waals surface area contributed by atoms with Gasteiger partial charge in [0, 0.05) is 12.8 Å². The first-order valence-corrected chi connectivity index (χ1v) is 39.6. The van der Waals surface area contributed by atoms with Crippen molar-refractivity contribution in [3.8, 4) is 0 Å². The van der Waals surface area contributed by atoms with Gasteiger partial charge in [0.2, 0.25) is 5.91 Å². The van der Waals surface area contributed by atoms with Crippen LogP contribution in [0.15, 0.2) is 24.3 Å². The number of allylic oxidation sites excluding steroid dienone is 3. The van der Waals surface area contributed by atoms with E-state index in [1.807, 2.05) is 6.08 Å². The van der Waals surface area contributed by atoms with Crippen molar-refractivity contribution in [2.45, 2.75) is 463 Å². The Balaban J connectivity index is 3.35. The zero-order valence-electron chi connectivity index (χ0n) is 58.6. The van der Waals surface area contributed by atoms with Crippen LogP contribution in [0.25, 0.3) is 0 Å². The van der Waals surface area contributed by atoms with Gasteiger partial charge in [-0.25, -0.2) is 0 Å². The van der Waals surface area contributed by atoms with Crippen molar-refractivity contribution in [2.75, 3.05) is 13.2 Å². The third-order valence-electron chi connectivity index (χ3n) is 18.7. The molecule has 0 rings (SSSR count). The molecule has 0 aromatic carbocycles. The lowest BCUT2D eigenvalue weighted by Gasteiger charge is -2.20. The minimum absolute atomic E-state index is 0.0234. The van der Waals surface area contributed by atoms with Gasteiger partial charge in [0.05, 0.1) is 25.4 Å². The van der Waals surface area contributed by atoms with Crippen molar-refractivity contribution in [1.82, 2.24) is 5.32 Å². The molecule has 0 bridgehead atoms. The molecule has 0 saturated carbocycles. The molecule has 0 aliphatic rings. The summed E-state index contributed by atoms with van der Waals surface area (Å²) in [6.07, 6.45) is 97.3. The van der Waals surface area contributed by atoms with Crippen molar-refractivity contribution in [2.24, 2.45) is 0 Å². The zero-order chi connectivity index (χ0) is 62.0. The summed E-state index contributed by atoms with van der Waals surface area (Å²) >= 11 is 0. The van der Waals surface area contributed by atoms with E-state index in [1.165, 1.54) is 385 Å². The van der Waals surface area contributed by atoms with Crippen molar-refractivity contribution < 1.29 is 24.5 Å². The Hall–Kier alpha value is -1.66. The highest BCUT2D eigenvalue weighted by atomic mass is 16.5. The van der Waals surface area contributed by atoms with Gasteiger partial charge >= 0.3 is 5.97 Å². The highest BCUT2D eigenvalue weighted by Crippen LogP contribution is 2.20. The number of amides is 1. The standard InChI is InChI=1S/C80H155NO5/c1-3-5-7-9-11-13-15-17-19-21-37-41-44-48-52-56-60-64-68-72-78(83)77(76-82)81-79(84)73-69-65-61-57-53-49-45-42-38-35-33-31-29-27-25-23-22-24-26-28-30-32-34-36-39-43-47-51-55-59-63-67-71-75-86-80(85)74-70-66-62-58-54-50-46-40-20-18-16-14-12-10-8-6-4-2/h26,28,68,72,77-78,82-83H,3-25,27,29-67,69-71,73-76H2,1-2H3,(H,81,84)/b28-26-,72-68+. The molecule has 0 aliphatic heterocycles. The van der Waals surface area contributed by atoms with Gasteiger partial charge in [-0.05, 0) is 57.8 Å². The second kappa shape index (κ2) is 75.8. The maximum Gasteiger partial charge on any atom is 0.305 e. The summed E-state index contributed by atoms with van der Waals surface area (Å²) in [6.45, 7) is 4.96. The van der Waals surface area contributed by atoms with Crippen LogP contribution in [-0.2, 0) is 14.3 Å². The second-order valence-corrected chi connectivity index (χ2v) is 27.4. The number of rotatable bonds is 75. The van der Waals surface area contributed by atoms with E-state index >= 15 is 0 Å². The maximum atomic E-state index is 12.5. The molecule has 0 aromatic heterocycles. The highest BCUT2D eigenvalue weighted by molar-refractivity contribution is 5.76. The summed E-state index contributed by atoms with van der Waals surface area (Å²) in [4.78, 5) is 24.6. The van der Waals surface area contributed by atoms with Gasteiger partial charge in [0.15, 0.2) is 0 Å². The minimum atomic E-state index is -0.843. The first-order valence-electron chi connectivity index (χ1n) is 39.6. The van der Waals surface area contributed by atoms with Crippen LogP contribution in [0.2, 0.25) is 0 Å². The molecule has 0 radical (unpaired) electrons. The highest BCUT2D eigenvalue weighted by Gasteiger charge is 2.18. The van der Waals surface area contributed by atoms with Crippen LogP contribution in [0.1, 0.15) is 450 Å². The molecule has 0 saturated heterocycles. The average Bonchev–Trinajstić information content (AvgIpc) is 3.57. The number of carbonyl (C=O) groups is 2. The Kier molecular flexibility index (Phi) is 74.3. The number of aliphatic hydroxyl groups excluding tert-OH is 2. The molecule has 1 amide bonds. The zero-order valence-corrected chi connectivity index (χ0v) is 58.6. The summed E-state index contributed by atoms with van der Waals surface area (Å²) in [5.74, 6) is -0.0371. The quantitative estimate of drug-likeness (QED) is 0.0320. The summed E-state index contributed by atoms with van der Waals surface area (Å²) in [5.41, 5.74) is 0. The lowest BCUT2D eigenvalue weighted by Crippen LogP contribution is -2.45. The Morgan fingerprint density at radius 1 is 0.314 bits per heavy atom. The van der Waals surface area contributed by atoms with Crippen molar-refractivity contribution in [1.29, 1.82) is 0 Å². The van der Waals surface area contributed by atoms with Gasteiger partial charge < -0.3 is 20.3 Å². The van der Waals surface area contributed by atoms with Gasteiger partial charge in [-0.3, -0.25) is 9.59 Å². The molecule has 2 unspecified atom stereocenters. The van der Waals surface area contributed by atoms with E-state index in [2.05, 4.69) is 31.3 Å². The van der Waals surface area contributed by atoms with E-state index in [0.29, 0.717) is 19.4 Å². The monoisotopic (exact) mass is 1210 g/mol. The van der Waals surface area contributed by atoms with Gasteiger partial charge in [-0.2, -0.15) is 0 Å². The van der Waals surface area contributed by atoms with E-state index < -0.39 is 12.1 Å². The second-order valence-electron chi connectivity index (χ2n) is 27.4. The fourth-order valence-corrected chi connectivity index (χ4v) is 12.7. The van der Waals surface area contributed by atoms with Crippen LogP contribution < -0.4 is 5.32 Å². The third-order valence-corrected chi connectivity index (χ3v) is 18.7. The lowest BCUT2D eigenvalue weighted by molar-refractivity contribution is -0.143. The number of ether oxygens (including phenoxy) is 1. The fourth-order valence-electron chi connectivity index (χ4n) is 12.7. The van der Waals surface area contributed by atoms with Crippen LogP contribution in [0.5, 0.6) is 0 Å². The van der Waals surface area contributed by atoms with E-state index in [1.54, 1.807) is 6.08 Å². The number of unbranched alkanes of at least 4 members (excludes halogenated alkanes) is 62. The van der Waals surface area contributed by atoms with E-state index in [-0.39, 0.29) is 18.5 Å². The SMILES string of the molecule is CCCCCCCCCCCCCCCCCCC/C=C/C(O)C(CO)NC(=O)CCCCCCCCCCCCCCCCCCC/C=C\CCCCCCCCCCCCCCOC(=O)CCCCCCCCCCCCCCCCCCC. The number of esters is 1. The number of hydrogen-bond donors (Lipinski definition) is 3. The van der Waals surface area contributed by atoms with Crippen LogP contribution in [0.3, 0.4) is 0 Å². The molecule has 0 spiro atoms. The minimum Gasteiger partial charge on any atom is -0.466 e. The molecule has 6 heteroatoms. The van der Waals surface area contributed by atoms with E-state index in [9.17, 15) is 19.8 Å². The molecule has 0 heterocycles. The van der Waals surface area contributed by atoms with Gasteiger partial charge in [0.1, 0.15) is 0 Å². The van der Waals surface area contributed by atoms with Crippen molar-refractivity contribution in [3.63, 3.8) is 0 Å². The Morgan fingerprint density at radius 3 is 0.826 bits per heavy atom. The Morgan fingerprint density at radius 2 is 0.547 bits per heavy atom. The topological polar surface area (TPSA) is 95.9 Å². The first kappa shape index (κ1) is 84.3. The van der Waals surface area contributed by atoms with Gasteiger partial charge in [-0.1, -0.05) is 404 Å². The molecule has 3 N–H and O–H groups in total. The maximum absolute atomic E-state index is 12.5. The van der Waals surface area contributed by atoms with Gasteiger partial charge in [-0.15, -0.1) is 0 Å². The lowest BCUT2D eigenvalue weighted by atomic mass is 10.0. The van der Waals surface area contributed by atoms with Gasteiger partial charge in [0.25, 0.3) is 0 Å². The van der Waals surface area contributed by atoms with E-state index in [0.717, 1.165) is 38.5 Å². The molecule has 510 valence electrons. The molecule has 2 atom stereocenters.